The summed E-state index contributed by atoms with van der Waals surface area (Å²) in [6.45, 7) is 0. The third kappa shape index (κ3) is 5.99. The second-order valence-corrected chi connectivity index (χ2v) is 16.5. The minimum Gasteiger partial charge on any atom is -0.316 e. The van der Waals surface area contributed by atoms with Crippen molar-refractivity contribution in [2.24, 2.45) is 0 Å². The van der Waals surface area contributed by atoms with Crippen molar-refractivity contribution in [3.05, 3.63) is 231 Å². The van der Waals surface area contributed by atoms with Crippen LogP contribution in [0.25, 0.3) is 117 Å². The minimum absolute atomic E-state index is 0.625. The Morgan fingerprint density at radius 3 is 1.43 bits per heavy atom. The Labute approximate surface area is 374 Å². The molecule has 65 heavy (non-hydrogen) atoms. The van der Waals surface area contributed by atoms with E-state index in [0.717, 1.165) is 55.9 Å². The van der Waals surface area contributed by atoms with Crippen molar-refractivity contribution >= 4 is 54.5 Å². The van der Waals surface area contributed by atoms with Gasteiger partial charge in [-0.2, -0.15) is 0 Å². The van der Waals surface area contributed by atoms with Gasteiger partial charge in [-0.25, -0.2) is 15.0 Å². The molecule has 0 unspecified atom stereocenters. The molecule has 4 heterocycles. The van der Waals surface area contributed by atoms with Crippen LogP contribution in [-0.4, -0.2) is 28.7 Å². The molecule has 0 fully saturated rings. The molecular weight excluding hydrogens is 793 g/mol. The van der Waals surface area contributed by atoms with Gasteiger partial charge >= 0.3 is 0 Å². The van der Waals surface area contributed by atoms with Crippen LogP contribution in [0.15, 0.2) is 231 Å². The summed E-state index contributed by atoms with van der Waals surface area (Å²) in [6, 6.07) is 79.4. The average Bonchev–Trinajstić information content (AvgIpc) is 4.08. The van der Waals surface area contributed by atoms with E-state index in [9.17, 15) is 0 Å². The molecule has 13 rings (SSSR count). The smallest absolute Gasteiger partial charge is 0.164 e. The number of rotatable bonds is 7. The van der Waals surface area contributed by atoms with Crippen LogP contribution in [-0.2, 0) is 0 Å². The highest BCUT2D eigenvalue weighted by Gasteiger charge is 2.23. The lowest BCUT2D eigenvalue weighted by atomic mass is 10.0. The summed E-state index contributed by atoms with van der Waals surface area (Å²) in [5.74, 6) is 1.90. The molecule has 0 radical (unpaired) electrons. The fourth-order valence-electron chi connectivity index (χ4n) is 9.77. The van der Waals surface area contributed by atoms with Gasteiger partial charge in [0.2, 0.25) is 0 Å². The SMILES string of the molecule is c1ccc(-c2nc(-c3ccccc3)nc(-c3cccc(-c4cccc(-n5c6c(ccc7c6ccn7-c6ccccc6)c6ccc7c8ccccc8n(-c8ccccc8)c7c65)c4)c3)n2)cc1. The number of nitrogens with zero attached hydrogens (tertiary/aromatic N) is 6. The van der Waals surface area contributed by atoms with Crippen molar-refractivity contribution in [3.8, 4) is 62.4 Å². The van der Waals surface area contributed by atoms with E-state index >= 15 is 0 Å². The van der Waals surface area contributed by atoms with E-state index in [1.165, 1.54) is 43.5 Å². The van der Waals surface area contributed by atoms with Gasteiger partial charge < -0.3 is 13.7 Å². The van der Waals surface area contributed by atoms with Crippen molar-refractivity contribution < 1.29 is 0 Å². The second kappa shape index (κ2) is 14.9. The van der Waals surface area contributed by atoms with Gasteiger partial charge in [0, 0.05) is 66.9 Å². The molecule has 9 aromatic carbocycles. The van der Waals surface area contributed by atoms with Gasteiger partial charge in [0.15, 0.2) is 17.5 Å². The second-order valence-electron chi connectivity index (χ2n) is 16.5. The average molecular weight is 831 g/mol. The maximum atomic E-state index is 5.06. The van der Waals surface area contributed by atoms with Crippen LogP contribution in [0.4, 0.5) is 0 Å². The molecule has 0 saturated carbocycles. The van der Waals surface area contributed by atoms with Gasteiger partial charge in [-0.15, -0.1) is 0 Å². The lowest BCUT2D eigenvalue weighted by Gasteiger charge is -2.14. The Morgan fingerprint density at radius 1 is 0.262 bits per heavy atom. The van der Waals surface area contributed by atoms with E-state index in [4.69, 9.17) is 15.0 Å². The zero-order chi connectivity index (χ0) is 42.8. The summed E-state index contributed by atoms with van der Waals surface area (Å²) in [4.78, 5) is 15.1. The molecule has 0 aliphatic rings. The summed E-state index contributed by atoms with van der Waals surface area (Å²) in [7, 11) is 0. The summed E-state index contributed by atoms with van der Waals surface area (Å²) in [6.07, 6.45) is 2.20. The van der Waals surface area contributed by atoms with Gasteiger partial charge in [0.25, 0.3) is 0 Å². The Hall–Kier alpha value is -8.87. The number of hydrogen-bond donors (Lipinski definition) is 0. The Kier molecular flexibility index (Phi) is 8.42. The maximum Gasteiger partial charge on any atom is 0.164 e. The normalized spacial score (nSPS) is 11.7. The minimum atomic E-state index is 0.625. The first kappa shape index (κ1) is 36.8. The van der Waals surface area contributed by atoms with Gasteiger partial charge in [0.1, 0.15) is 0 Å². The van der Waals surface area contributed by atoms with Crippen molar-refractivity contribution in [2.45, 2.75) is 0 Å². The maximum absolute atomic E-state index is 5.06. The first-order chi connectivity index (χ1) is 32.2. The van der Waals surface area contributed by atoms with E-state index in [2.05, 4.69) is 184 Å². The molecule has 0 atom stereocenters. The molecule has 0 bridgehead atoms. The largest absolute Gasteiger partial charge is 0.316 e. The Balaban J connectivity index is 1.06. The van der Waals surface area contributed by atoms with Crippen LogP contribution < -0.4 is 0 Å². The number of para-hydroxylation sites is 3. The molecule has 0 N–H and O–H groups in total. The molecule has 4 aromatic heterocycles. The van der Waals surface area contributed by atoms with Crippen molar-refractivity contribution in [1.29, 1.82) is 0 Å². The fraction of sp³-hybridized carbons (Fsp3) is 0. The summed E-state index contributed by atoms with van der Waals surface area (Å²) in [5.41, 5.74) is 14.1. The van der Waals surface area contributed by atoms with Crippen LogP contribution in [0.1, 0.15) is 0 Å². The zero-order valence-electron chi connectivity index (χ0n) is 35.1. The molecule has 0 spiro atoms. The molecule has 13 aromatic rings. The highest BCUT2D eigenvalue weighted by Crippen LogP contribution is 2.44. The predicted molar refractivity (Wildman–Crippen MR) is 267 cm³/mol. The van der Waals surface area contributed by atoms with Crippen molar-refractivity contribution in [3.63, 3.8) is 0 Å². The number of aromatic nitrogens is 6. The van der Waals surface area contributed by atoms with Crippen molar-refractivity contribution in [1.82, 2.24) is 28.7 Å². The number of hydrogen-bond acceptors (Lipinski definition) is 3. The van der Waals surface area contributed by atoms with Crippen LogP contribution in [0.2, 0.25) is 0 Å². The summed E-state index contributed by atoms with van der Waals surface area (Å²) in [5, 5.41) is 6.03. The van der Waals surface area contributed by atoms with Gasteiger partial charge in [0.05, 0.1) is 27.6 Å². The van der Waals surface area contributed by atoms with E-state index in [-0.39, 0.29) is 0 Å². The fourth-order valence-corrected chi connectivity index (χ4v) is 9.77. The molecule has 6 nitrogen and oxygen atoms in total. The van der Waals surface area contributed by atoms with E-state index in [0.29, 0.717) is 17.5 Å². The molecule has 0 amide bonds. The van der Waals surface area contributed by atoms with Gasteiger partial charge in [-0.05, 0) is 71.8 Å². The quantitative estimate of drug-likeness (QED) is 0.161. The highest BCUT2D eigenvalue weighted by atomic mass is 15.1. The molecule has 0 aliphatic heterocycles. The highest BCUT2D eigenvalue weighted by molar-refractivity contribution is 6.27. The standard InChI is InChI=1S/C59H38N6/c1-5-17-39(18-6-1)57-60-58(40-19-7-2-8-20-40)62-59(61-57)43-23-15-21-41(37-43)42-22-16-28-46(38-42)65-54-49(33-34-52-51(54)35-36-63(52)44-24-9-3-10-25-44)50-32-31-48-47-29-13-14-30-53(47)64(55(48)56(50)65)45-26-11-4-12-27-45/h1-38H. The third-order valence-corrected chi connectivity index (χ3v) is 12.7. The van der Waals surface area contributed by atoms with Crippen molar-refractivity contribution in [2.75, 3.05) is 0 Å². The van der Waals surface area contributed by atoms with Gasteiger partial charge in [-0.1, -0.05) is 164 Å². The number of benzene rings is 9. The van der Waals surface area contributed by atoms with Gasteiger partial charge in [-0.3, -0.25) is 0 Å². The lowest BCUT2D eigenvalue weighted by molar-refractivity contribution is 1.07. The first-order valence-electron chi connectivity index (χ1n) is 21.9. The van der Waals surface area contributed by atoms with E-state index in [1.807, 2.05) is 60.7 Å². The third-order valence-electron chi connectivity index (χ3n) is 12.7. The Bertz CT molecular complexity index is 3870. The molecule has 6 heteroatoms. The molecule has 0 aliphatic carbocycles. The van der Waals surface area contributed by atoms with Crippen LogP contribution in [0, 0.1) is 0 Å². The van der Waals surface area contributed by atoms with Crippen LogP contribution in [0.5, 0.6) is 0 Å². The predicted octanol–water partition coefficient (Wildman–Crippen LogP) is 14.7. The molecular formula is C59H38N6. The van der Waals surface area contributed by atoms with E-state index < -0.39 is 0 Å². The molecule has 304 valence electrons. The summed E-state index contributed by atoms with van der Waals surface area (Å²) < 4.78 is 7.26. The zero-order valence-corrected chi connectivity index (χ0v) is 35.1. The summed E-state index contributed by atoms with van der Waals surface area (Å²) >= 11 is 0. The number of fused-ring (bicyclic) bond motifs is 9. The molecule has 0 saturated heterocycles. The Morgan fingerprint density at radius 2 is 0.738 bits per heavy atom. The topological polar surface area (TPSA) is 53.5 Å². The first-order valence-corrected chi connectivity index (χ1v) is 21.9. The van der Waals surface area contributed by atoms with E-state index in [1.54, 1.807) is 0 Å². The lowest BCUT2D eigenvalue weighted by Crippen LogP contribution is -2.00. The monoisotopic (exact) mass is 830 g/mol. The van der Waals surface area contributed by atoms with Crippen LogP contribution in [0.3, 0.4) is 0 Å². The van der Waals surface area contributed by atoms with Crippen LogP contribution >= 0.6 is 0 Å².